The monoisotopic (exact) mass is 500 g/mol. The number of ether oxygens (including phenoxy) is 1. The summed E-state index contributed by atoms with van der Waals surface area (Å²) < 4.78 is 5.78. The fraction of sp³-hybridized carbons (Fsp3) is 0.407. The van der Waals surface area contributed by atoms with Crippen LogP contribution < -0.4 is 4.74 Å². The zero-order chi connectivity index (χ0) is 26.1. The highest BCUT2D eigenvalue weighted by Gasteiger charge is 2.46. The number of phenols is 1. The predicted molar refractivity (Wildman–Crippen MR) is 137 cm³/mol. The summed E-state index contributed by atoms with van der Waals surface area (Å²) >= 11 is 6.16. The van der Waals surface area contributed by atoms with Crippen molar-refractivity contribution in [2.45, 2.75) is 39.2 Å². The Bertz CT molecular complexity index is 1170. The van der Waals surface area contributed by atoms with Crippen LogP contribution in [-0.4, -0.2) is 65.5 Å². The van der Waals surface area contributed by atoms with Gasteiger partial charge in [-0.25, -0.2) is 0 Å². The SMILES string of the molecule is CCOc1ccc(/C(O)=C2/C(=O)C(=O)N(CCN(C)C)C2c2ccc(O)c(Cl)c2)cc1C(C)(C)C. The largest absolute Gasteiger partial charge is 0.507 e. The molecule has 35 heavy (non-hydrogen) atoms. The zero-order valence-corrected chi connectivity index (χ0v) is 21.8. The Balaban J connectivity index is 2.22. The smallest absolute Gasteiger partial charge is 0.295 e. The number of likely N-dealkylation sites (tertiary alicyclic amines) is 1. The van der Waals surface area contributed by atoms with E-state index in [4.69, 9.17) is 16.3 Å². The molecule has 2 N–H and O–H groups in total. The topological polar surface area (TPSA) is 90.3 Å². The molecule has 0 spiro atoms. The Morgan fingerprint density at radius 3 is 2.40 bits per heavy atom. The summed E-state index contributed by atoms with van der Waals surface area (Å²) in [7, 11) is 3.74. The van der Waals surface area contributed by atoms with E-state index in [9.17, 15) is 19.8 Å². The molecule has 0 saturated carbocycles. The van der Waals surface area contributed by atoms with E-state index in [1.807, 2.05) is 46.7 Å². The van der Waals surface area contributed by atoms with Crippen LogP contribution in [0.4, 0.5) is 0 Å². The molecular weight excluding hydrogens is 468 g/mol. The third-order valence-electron chi connectivity index (χ3n) is 5.98. The number of ketones is 1. The van der Waals surface area contributed by atoms with Crippen molar-refractivity contribution < 1.29 is 24.5 Å². The number of halogens is 1. The van der Waals surface area contributed by atoms with Crippen molar-refractivity contribution in [3.8, 4) is 11.5 Å². The van der Waals surface area contributed by atoms with Crippen molar-refractivity contribution in [2.24, 2.45) is 0 Å². The Kier molecular flexibility index (Phi) is 7.82. The molecule has 1 fully saturated rings. The number of aromatic hydroxyl groups is 1. The summed E-state index contributed by atoms with van der Waals surface area (Å²) in [5, 5.41) is 21.4. The van der Waals surface area contributed by atoms with Crippen molar-refractivity contribution in [3.63, 3.8) is 0 Å². The molecule has 2 aromatic rings. The van der Waals surface area contributed by atoms with Gasteiger partial charge in [0, 0.05) is 24.2 Å². The molecule has 0 aliphatic carbocycles. The normalized spacial score (nSPS) is 17.9. The lowest BCUT2D eigenvalue weighted by Crippen LogP contribution is -2.35. The van der Waals surface area contributed by atoms with Gasteiger partial charge in [-0.3, -0.25) is 9.59 Å². The number of likely N-dealkylation sites (N-methyl/N-ethyl adjacent to an activating group) is 1. The number of rotatable bonds is 7. The van der Waals surface area contributed by atoms with Gasteiger partial charge in [0.05, 0.1) is 23.2 Å². The average molecular weight is 501 g/mol. The van der Waals surface area contributed by atoms with Crippen LogP contribution in [0.1, 0.15) is 50.4 Å². The van der Waals surface area contributed by atoms with Gasteiger partial charge in [-0.2, -0.15) is 0 Å². The first-order valence-electron chi connectivity index (χ1n) is 11.6. The standard InChI is InChI=1S/C27H33ClN2O5/c1-7-35-21-11-9-17(14-18(21)27(2,3)4)24(32)22-23(16-8-10-20(31)19(28)15-16)30(13-12-29(5)6)26(34)25(22)33/h8-11,14-15,23,31-32H,7,12-13H2,1-6H3/b24-22-. The molecule has 2 aromatic carbocycles. The molecule has 1 atom stereocenters. The van der Waals surface area contributed by atoms with Crippen LogP contribution in [0.3, 0.4) is 0 Å². The van der Waals surface area contributed by atoms with E-state index in [0.29, 0.717) is 30.0 Å². The minimum absolute atomic E-state index is 0.0143. The Hall–Kier alpha value is -3.03. The van der Waals surface area contributed by atoms with Gasteiger partial charge in [0.25, 0.3) is 11.7 Å². The van der Waals surface area contributed by atoms with E-state index in [2.05, 4.69) is 0 Å². The van der Waals surface area contributed by atoms with Crippen molar-refractivity contribution in [2.75, 3.05) is 33.8 Å². The lowest BCUT2D eigenvalue weighted by Gasteiger charge is -2.27. The molecule has 1 aliphatic rings. The van der Waals surface area contributed by atoms with Crippen molar-refractivity contribution in [1.82, 2.24) is 9.80 Å². The Morgan fingerprint density at radius 2 is 1.83 bits per heavy atom. The number of hydrogen-bond acceptors (Lipinski definition) is 6. The van der Waals surface area contributed by atoms with Crippen molar-refractivity contribution in [3.05, 3.63) is 63.7 Å². The third-order valence-corrected chi connectivity index (χ3v) is 6.28. The molecule has 0 bridgehead atoms. The van der Waals surface area contributed by atoms with Crippen molar-refractivity contribution in [1.29, 1.82) is 0 Å². The van der Waals surface area contributed by atoms with Crippen LogP contribution in [0.15, 0.2) is 42.0 Å². The highest BCUT2D eigenvalue weighted by Crippen LogP contribution is 2.42. The molecule has 1 amide bonds. The third kappa shape index (κ3) is 5.46. The molecule has 1 heterocycles. The summed E-state index contributed by atoms with van der Waals surface area (Å²) in [4.78, 5) is 29.7. The molecule has 3 rings (SSSR count). The van der Waals surface area contributed by atoms with Gasteiger partial charge < -0.3 is 24.7 Å². The van der Waals surface area contributed by atoms with Crippen LogP contribution >= 0.6 is 11.6 Å². The van der Waals surface area contributed by atoms with Crippen molar-refractivity contribution >= 4 is 29.1 Å². The fourth-order valence-corrected chi connectivity index (χ4v) is 4.35. The van der Waals surface area contributed by atoms with E-state index in [1.54, 1.807) is 24.3 Å². The van der Waals surface area contributed by atoms with Gasteiger partial charge in [-0.05, 0) is 62.3 Å². The first-order chi connectivity index (χ1) is 16.4. The van der Waals surface area contributed by atoms with Crippen LogP contribution in [0, 0.1) is 0 Å². The number of carbonyl (C=O) groups excluding carboxylic acids is 2. The van der Waals surface area contributed by atoms with Gasteiger partial charge in [0.1, 0.15) is 17.3 Å². The van der Waals surface area contributed by atoms with E-state index >= 15 is 0 Å². The number of benzene rings is 2. The maximum absolute atomic E-state index is 13.2. The summed E-state index contributed by atoms with van der Waals surface area (Å²) in [5.74, 6) is -1.13. The molecular formula is C27H33ClN2O5. The average Bonchev–Trinajstić information content (AvgIpc) is 3.03. The summed E-state index contributed by atoms with van der Waals surface area (Å²) in [5.41, 5.74) is 1.50. The molecule has 1 unspecified atom stereocenters. The second kappa shape index (κ2) is 10.3. The minimum Gasteiger partial charge on any atom is -0.507 e. The van der Waals surface area contributed by atoms with E-state index < -0.39 is 17.7 Å². The second-order valence-electron chi connectivity index (χ2n) is 9.90. The highest BCUT2D eigenvalue weighted by atomic mass is 35.5. The first-order valence-corrected chi connectivity index (χ1v) is 11.9. The Labute approximate surface area is 211 Å². The summed E-state index contributed by atoms with van der Waals surface area (Å²) in [6.07, 6.45) is 0. The highest BCUT2D eigenvalue weighted by molar-refractivity contribution is 6.46. The Morgan fingerprint density at radius 1 is 1.14 bits per heavy atom. The molecule has 188 valence electrons. The van der Waals surface area contributed by atoms with Crippen LogP contribution in [0.2, 0.25) is 5.02 Å². The lowest BCUT2D eigenvalue weighted by atomic mass is 9.84. The minimum atomic E-state index is -0.849. The van der Waals surface area contributed by atoms with Gasteiger partial charge in [-0.1, -0.05) is 38.4 Å². The summed E-state index contributed by atoms with van der Waals surface area (Å²) in [6, 6.07) is 8.94. The molecule has 8 heteroatoms. The fourth-order valence-electron chi connectivity index (χ4n) is 4.16. The van der Waals surface area contributed by atoms with Gasteiger partial charge in [-0.15, -0.1) is 0 Å². The predicted octanol–water partition coefficient (Wildman–Crippen LogP) is 4.73. The van der Waals surface area contributed by atoms with Crippen LogP contribution in [-0.2, 0) is 15.0 Å². The second-order valence-corrected chi connectivity index (χ2v) is 10.3. The van der Waals surface area contributed by atoms with E-state index in [1.165, 1.54) is 17.0 Å². The lowest BCUT2D eigenvalue weighted by molar-refractivity contribution is -0.140. The van der Waals surface area contributed by atoms with E-state index in [-0.39, 0.29) is 34.1 Å². The summed E-state index contributed by atoms with van der Waals surface area (Å²) in [6.45, 7) is 9.29. The van der Waals surface area contributed by atoms with Crippen LogP contribution in [0.25, 0.3) is 5.76 Å². The molecule has 0 radical (unpaired) electrons. The van der Waals surface area contributed by atoms with E-state index in [0.717, 1.165) is 5.56 Å². The van der Waals surface area contributed by atoms with Crippen LogP contribution in [0.5, 0.6) is 11.5 Å². The maximum Gasteiger partial charge on any atom is 0.295 e. The number of aliphatic hydroxyl groups excluding tert-OH is 1. The van der Waals surface area contributed by atoms with Gasteiger partial charge >= 0.3 is 0 Å². The molecule has 7 nitrogen and oxygen atoms in total. The number of nitrogens with zero attached hydrogens (tertiary/aromatic N) is 2. The molecule has 1 aliphatic heterocycles. The number of carbonyl (C=O) groups is 2. The molecule has 1 saturated heterocycles. The quantitative estimate of drug-likeness (QED) is 0.324. The maximum atomic E-state index is 13.2. The zero-order valence-electron chi connectivity index (χ0n) is 21.1. The first kappa shape index (κ1) is 26.6. The number of Topliss-reactive ketones (excluding diaryl/α,β-unsaturated/α-hetero) is 1. The number of amides is 1. The number of phenolic OH excluding ortho intramolecular Hbond substituents is 1. The molecule has 0 aromatic heterocycles. The van der Waals surface area contributed by atoms with Gasteiger partial charge in [0.15, 0.2) is 0 Å². The number of hydrogen-bond donors (Lipinski definition) is 2. The van der Waals surface area contributed by atoms with Gasteiger partial charge in [0.2, 0.25) is 0 Å². The number of aliphatic hydroxyl groups is 1.